The summed E-state index contributed by atoms with van der Waals surface area (Å²) in [7, 11) is 0. The maximum atomic E-state index is 13.5. The molecule has 0 aliphatic rings. The number of Topliss-reactive ketones (excluding diaryl/α,β-unsaturated/α-hetero) is 1. The molecule has 5 nitrogen and oxygen atoms in total. The molecule has 0 bridgehead atoms. The fourth-order valence-corrected chi connectivity index (χ4v) is 2.97. The largest absolute Gasteiger partial charge is 0.453 e. The molecule has 0 spiro atoms. The molecule has 0 radical (unpaired) electrons. The molecule has 0 saturated heterocycles. The fourth-order valence-electron chi connectivity index (χ4n) is 1.95. The number of carbonyl (C=O) groups is 3. The van der Waals surface area contributed by atoms with Crippen molar-refractivity contribution in [1.82, 2.24) is 0 Å². The summed E-state index contributed by atoms with van der Waals surface area (Å²) in [6, 6.07) is 6.25. The van der Waals surface area contributed by atoms with E-state index in [-0.39, 0.29) is 18.6 Å². The summed E-state index contributed by atoms with van der Waals surface area (Å²) >= 11 is 6.84. The van der Waals surface area contributed by atoms with E-state index in [1.54, 1.807) is 12.1 Å². The average molecular weight is 402 g/mol. The monoisotopic (exact) mass is 401 g/mol. The lowest BCUT2D eigenvalue weighted by atomic mass is 10.2. The Bertz CT molecular complexity index is 820. The first-order chi connectivity index (χ1) is 12.3. The Hall–Kier alpha value is -2.32. The molecule has 0 aliphatic heterocycles. The summed E-state index contributed by atoms with van der Waals surface area (Å²) < 4.78 is 32.3. The molecular weight excluding hydrogens is 388 g/mol. The number of ketones is 1. The van der Waals surface area contributed by atoms with Gasteiger partial charge in [0.05, 0.1) is 15.6 Å². The van der Waals surface area contributed by atoms with E-state index in [4.69, 9.17) is 16.3 Å². The lowest BCUT2D eigenvalue weighted by Crippen LogP contribution is -2.30. The van der Waals surface area contributed by atoms with E-state index in [1.165, 1.54) is 6.92 Å². The van der Waals surface area contributed by atoms with Crippen molar-refractivity contribution in [1.29, 1.82) is 0 Å². The predicted octanol–water partition coefficient (Wildman–Crippen LogP) is 4.21. The Morgan fingerprint density at radius 1 is 1.15 bits per heavy atom. The maximum absolute atomic E-state index is 13.5. The van der Waals surface area contributed by atoms with Crippen molar-refractivity contribution in [3.8, 4) is 0 Å². The minimum atomic E-state index is -1.28. The number of amides is 1. The minimum absolute atomic E-state index is 0.105. The van der Waals surface area contributed by atoms with Gasteiger partial charge in [0.15, 0.2) is 11.9 Å². The van der Waals surface area contributed by atoms with Crippen LogP contribution < -0.4 is 5.32 Å². The van der Waals surface area contributed by atoms with Gasteiger partial charge in [0.1, 0.15) is 17.3 Å². The first-order valence-electron chi connectivity index (χ1n) is 7.51. The number of esters is 1. The van der Waals surface area contributed by atoms with E-state index >= 15 is 0 Å². The highest BCUT2D eigenvalue weighted by Gasteiger charge is 2.21. The Balaban J connectivity index is 1.84. The summed E-state index contributed by atoms with van der Waals surface area (Å²) in [5, 5.41) is 2.03. The van der Waals surface area contributed by atoms with Crippen LogP contribution in [0.1, 0.15) is 29.4 Å². The quantitative estimate of drug-likeness (QED) is 0.557. The number of anilines is 1. The van der Waals surface area contributed by atoms with Gasteiger partial charge in [-0.1, -0.05) is 17.7 Å². The fraction of sp³-hybridized carbons (Fsp3) is 0.235. The van der Waals surface area contributed by atoms with Gasteiger partial charge in [0, 0.05) is 6.42 Å². The van der Waals surface area contributed by atoms with E-state index in [9.17, 15) is 23.2 Å². The average Bonchev–Trinajstić information content (AvgIpc) is 3.02. The zero-order valence-electron chi connectivity index (χ0n) is 13.6. The molecule has 0 saturated carbocycles. The highest BCUT2D eigenvalue weighted by molar-refractivity contribution is 7.18. The molecule has 1 N–H and O–H groups in total. The normalized spacial score (nSPS) is 11.7. The van der Waals surface area contributed by atoms with Crippen LogP contribution in [0.15, 0.2) is 30.3 Å². The SMILES string of the molecule is CC(OC(=O)CCC(=O)c1ccc(Cl)s1)C(=O)Nc1c(F)cccc1F. The van der Waals surface area contributed by atoms with Gasteiger partial charge in [-0.25, -0.2) is 8.78 Å². The molecule has 1 aromatic heterocycles. The van der Waals surface area contributed by atoms with E-state index in [0.29, 0.717) is 9.21 Å². The number of para-hydroxylation sites is 1. The molecule has 0 aliphatic carbocycles. The number of rotatable bonds is 7. The second kappa shape index (κ2) is 8.86. The van der Waals surface area contributed by atoms with Gasteiger partial charge in [-0.05, 0) is 31.2 Å². The summed E-state index contributed by atoms with van der Waals surface area (Å²) in [6.45, 7) is 1.26. The number of thiophene rings is 1. The molecule has 138 valence electrons. The molecule has 1 aromatic carbocycles. The lowest BCUT2D eigenvalue weighted by molar-refractivity contribution is -0.153. The van der Waals surface area contributed by atoms with Crippen molar-refractivity contribution in [2.24, 2.45) is 0 Å². The topological polar surface area (TPSA) is 72.5 Å². The molecule has 2 aromatic rings. The number of benzene rings is 1. The third kappa shape index (κ3) is 5.34. The summed E-state index contributed by atoms with van der Waals surface area (Å²) in [4.78, 5) is 36.0. The van der Waals surface area contributed by atoms with E-state index in [0.717, 1.165) is 29.5 Å². The second-order valence-corrected chi connectivity index (χ2v) is 6.96. The van der Waals surface area contributed by atoms with Crippen molar-refractivity contribution in [2.75, 3.05) is 5.32 Å². The van der Waals surface area contributed by atoms with Crippen LogP contribution in [0.4, 0.5) is 14.5 Å². The highest BCUT2D eigenvalue weighted by atomic mass is 35.5. The molecule has 9 heteroatoms. The first kappa shape index (κ1) is 20.0. The van der Waals surface area contributed by atoms with Gasteiger partial charge < -0.3 is 10.1 Å². The Kier molecular flexibility index (Phi) is 6.82. The van der Waals surface area contributed by atoms with E-state index < -0.39 is 35.3 Å². The minimum Gasteiger partial charge on any atom is -0.453 e. The van der Waals surface area contributed by atoms with Crippen LogP contribution >= 0.6 is 22.9 Å². The number of ether oxygens (including phenoxy) is 1. The Morgan fingerprint density at radius 2 is 1.81 bits per heavy atom. The second-order valence-electron chi connectivity index (χ2n) is 5.24. The van der Waals surface area contributed by atoms with Crippen LogP contribution in [0.25, 0.3) is 0 Å². The van der Waals surface area contributed by atoms with E-state index in [1.807, 2.05) is 5.32 Å². The predicted molar refractivity (Wildman–Crippen MR) is 93.4 cm³/mol. The van der Waals surface area contributed by atoms with Crippen molar-refractivity contribution >= 4 is 46.3 Å². The van der Waals surface area contributed by atoms with Crippen molar-refractivity contribution < 1.29 is 27.9 Å². The molecule has 1 heterocycles. The number of carbonyl (C=O) groups excluding carboxylic acids is 3. The number of nitrogens with one attached hydrogen (secondary N) is 1. The van der Waals surface area contributed by atoms with Gasteiger partial charge in [0.25, 0.3) is 5.91 Å². The van der Waals surface area contributed by atoms with Crippen LogP contribution in [0.3, 0.4) is 0 Å². The van der Waals surface area contributed by atoms with Gasteiger partial charge in [-0.3, -0.25) is 14.4 Å². The van der Waals surface area contributed by atoms with E-state index in [2.05, 4.69) is 0 Å². The maximum Gasteiger partial charge on any atom is 0.307 e. The van der Waals surface area contributed by atoms with Crippen molar-refractivity contribution in [3.63, 3.8) is 0 Å². The van der Waals surface area contributed by atoms with Gasteiger partial charge >= 0.3 is 5.97 Å². The van der Waals surface area contributed by atoms with Gasteiger partial charge in [-0.15, -0.1) is 11.3 Å². The lowest BCUT2D eigenvalue weighted by Gasteiger charge is -2.14. The zero-order chi connectivity index (χ0) is 19.3. The summed E-state index contributed by atoms with van der Waals surface area (Å²) in [5.74, 6) is -3.84. The highest BCUT2D eigenvalue weighted by Crippen LogP contribution is 2.23. The van der Waals surface area contributed by atoms with Gasteiger partial charge in [-0.2, -0.15) is 0 Å². The third-order valence-electron chi connectivity index (χ3n) is 3.29. The van der Waals surface area contributed by atoms with Crippen LogP contribution in [-0.2, 0) is 14.3 Å². The van der Waals surface area contributed by atoms with Crippen molar-refractivity contribution in [3.05, 3.63) is 51.2 Å². The molecule has 0 fully saturated rings. The Labute approximate surface area is 156 Å². The van der Waals surface area contributed by atoms with Crippen molar-refractivity contribution in [2.45, 2.75) is 25.9 Å². The first-order valence-corrected chi connectivity index (χ1v) is 8.70. The molecule has 1 unspecified atom stereocenters. The molecule has 26 heavy (non-hydrogen) atoms. The molecular formula is C17H14ClF2NO4S. The van der Waals surface area contributed by atoms with Crippen LogP contribution in [0.2, 0.25) is 4.34 Å². The Morgan fingerprint density at radius 3 is 2.38 bits per heavy atom. The zero-order valence-corrected chi connectivity index (χ0v) is 15.1. The number of hydrogen-bond acceptors (Lipinski definition) is 5. The summed E-state index contributed by atoms with van der Waals surface area (Å²) in [5.41, 5.74) is -0.620. The van der Waals surface area contributed by atoms with Crippen LogP contribution in [0, 0.1) is 11.6 Å². The number of hydrogen-bond donors (Lipinski definition) is 1. The van der Waals surface area contributed by atoms with Gasteiger partial charge in [0.2, 0.25) is 0 Å². The molecule has 1 atom stereocenters. The smallest absolute Gasteiger partial charge is 0.307 e. The number of halogens is 3. The van der Waals surface area contributed by atoms with Crippen LogP contribution in [0.5, 0.6) is 0 Å². The third-order valence-corrected chi connectivity index (χ3v) is 4.56. The summed E-state index contributed by atoms with van der Waals surface area (Å²) in [6.07, 6.45) is -1.63. The van der Waals surface area contributed by atoms with Crippen LogP contribution in [-0.4, -0.2) is 23.8 Å². The standard InChI is InChI=1S/C17H14ClF2NO4S/c1-9(17(24)21-16-10(19)3-2-4-11(16)20)25-15(23)8-5-12(22)13-6-7-14(18)26-13/h2-4,6-7,9H,5,8H2,1H3,(H,21,24). The molecule has 2 rings (SSSR count). The molecule has 1 amide bonds.